The molecular weight excluding hydrogens is 2550 g/mol. The largest absolute Gasteiger partial charge is 2.00 e. The van der Waals surface area contributed by atoms with Crippen molar-refractivity contribution < 1.29 is 95.7 Å². The molecule has 3 radical (unpaired) electrons. The van der Waals surface area contributed by atoms with Crippen molar-refractivity contribution in [1.29, 1.82) is 0 Å². The molecule has 3 aliphatic rings. The number of aliphatic hydroxyl groups is 1. The molecule has 2 aliphatic heterocycles. The first-order chi connectivity index (χ1) is 70.6. The number of para-hydroxylation sites is 4. The summed E-state index contributed by atoms with van der Waals surface area (Å²) in [6.07, 6.45) is 10.3. The van der Waals surface area contributed by atoms with Crippen molar-refractivity contribution in [3.8, 4) is 119 Å². The Bertz CT molecular complexity index is 8500. The fraction of sp³-hybridized carbons (Fsp3) is 0.0992. The van der Waals surface area contributed by atoms with Gasteiger partial charge in [-0.3, -0.25) is 9.78 Å². The molecule has 14 aromatic carbocycles. The van der Waals surface area contributed by atoms with Crippen LogP contribution in [0.15, 0.2) is 423 Å². The Morgan fingerprint density at radius 2 is 0.805 bits per heavy atom. The first kappa shape index (κ1) is 105. The maximum absolute atomic E-state index is 10.0. The summed E-state index contributed by atoms with van der Waals surface area (Å²) in [6, 6.07) is 149. The molecule has 0 saturated heterocycles. The molecule has 18 heteroatoms. The van der Waals surface area contributed by atoms with Crippen LogP contribution in [0.5, 0.6) is 0 Å². The van der Waals surface area contributed by atoms with Gasteiger partial charge in [0.05, 0.1) is 28.0 Å². The molecule has 737 valence electrons. The smallest absolute Gasteiger partial charge is 0.512 e. The number of ketones is 1. The number of aromatic nitrogens is 10. The number of pyridine rings is 6. The van der Waals surface area contributed by atoms with E-state index in [2.05, 4.69) is 302 Å². The zero-order chi connectivity index (χ0) is 99.5. The molecular formula is C131H99Ir3N11O3Pt-4. The summed E-state index contributed by atoms with van der Waals surface area (Å²) in [7, 11) is 0. The second kappa shape index (κ2) is 45.5. The van der Waals surface area contributed by atoms with Gasteiger partial charge >= 0.3 is 21.1 Å². The molecule has 23 aromatic rings. The van der Waals surface area contributed by atoms with Gasteiger partial charge < -0.3 is 43.9 Å². The van der Waals surface area contributed by atoms with Gasteiger partial charge in [0.15, 0.2) is 17.4 Å². The Morgan fingerprint density at radius 3 is 1.32 bits per heavy atom. The molecule has 14 nitrogen and oxygen atoms in total. The van der Waals surface area contributed by atoms with Gasteiger partial charge in [-0.15, -0.1) is 191 Å². The molecule has 0 fully saturated rings. The van der Waals surface area contributed by atoms with Crippen LogP contribution < -0.4 is 4.90 Å². The van der Waals surface area contributed by atoms with Crippen LogP contribution >= 0.6 is 0 Å². The quantitative estimate of drug-likeness (QED) is 0.0656. The molecule has 26 rings (SSSR count). The number of nitrogens with zero attached hydrogens (tertiary/aromatic N) is 11. The van der Waals surface area contributed by atoms with E-state index in [4.69, 9.17) is 29.5 Å². The van der Waals surface area contributed by atoms with Crippen LogP contribution in [0.25, 0.3) is 173 Å². The zero-order valence-corrected chi connectivity index (χ0v) is 92.7. The van der Waals surface area contributed by atoms with Crippen LogP contribution in [0.4, 0.5) is 17.1 Å². The second-order valence-corrected chi connectivity index (χ2v) is 37.8. The number of hydrogen-bond acceptors (Lipinski definition) is 13. The third-order valence-electron chi connectivity index (χ3n) is 27.0. The molecule has 0 spiro atoms. The van der Waals surface area contributed by atoms with Crippen molar-refractivity contribution in [2.75, 3.05) is 4.90 Å². The van der Waals surface area contributed by atoms with Crippen molar-refractivity contribution >= 4 is 77.5 Å². The Balaban J connectivity index is 0.000000132. The summed E-state index contributed by atoms with van der Waals surface area (Å²) in [5.41, 5.74) is 36.5. The van der Waals surface area contributed by atoms with E-state index in [0.717, 1.165) is 129 Å². The molecule has 1 N–H and O–H groups in total. The predicted molar refractivity (Wildman–Crippen MR) is 586 cm³/mol. The number of hydrogen-bond donors (Lipinski definition) is 1. The van der Waals surface area contributed by atoms with E-state index >= 15 is 0 Å². The number of rotatable bonds is 13. The minimum Gasteiger partial charge on any atom is -0.512 e. The van der Waals surface area contributed by atoms with E-state index < -0.39 is 0 Å². The normalized spacial score (nSPS) is 12.4. The van der Waals surface area contributed by atoms with Crippen LogP contribution in [-0.4, -0.2) is 60.3 Å². The van der Waals surface area contributed by atoms with Crippen molar-refractivity contribution in [1.82, 2.24) is 49.4 Å². The van der Waals surface area contributed by atoms with Gasteiger partial charge in [0.2, 0.25) is 0 Å². The van der Waals surface area contributed by atoms with E-state index in [9.17, 15) is 4.79 Å². The molecule has 0 atom stereocenters. The summed E-state index contributed by atoms with van der Waals surface area (Å²) in [4.78, 5) is 54.0. The number of aliphatic hydroxyl groups excluding tert-OH is 1. The second-order valence-electron chi connectivity index (χ2n) is 37.8. The fourth-order valence-corrected chi connectivity index (χ4v) is 19.6. The van der Waals surface area contributed by atoms with E-state index in [0.29, 0.717) is 17.5 Å². The average Bonchev–Trinajstić information content (AvgIpc) is 1.52. The summed E-state index contributed by atoms with van der Waals surface area (Å²) in [5.74, 6) is 1.86. The Morgan fingerprint density at radius 1 is 0.356 bits per heavy atom. The number of allylic oxidation sites excluding steroid dienone is 2. The van der Waals surface area contributed by atoms with E-state index in [-0.39, 0.29) is 109 Å². The van der Waals surface area contributed by atoms with Crippen LogP contribution in [0.1, 0.15) is 99.9 Å². The topological polar surface area (TPSA) is 175 Å². The minimum atomic E-state index is -0.248. The Labute approximate surface area is 923 Å². The summed E-state index contributed by atoms with van der Waals surface area (Å²) in [6.45, 7) is 21.1. The van der Waals surface area contributed by atoms with E-state index in [1.807, 2.05) is 219 Å². The standard InChI is InChI=1S/C46H34N4.C28H21N4.C24H18N.C17H10NO.C11H8N.C5H8O2.3Ir.Pt/c1-45(2)36-19-11-17-34-35-18-12-20-37-43(35)50(42(34)36)44-38(45)27-33(28-39(44)46(37,3)4)49(31-15-9-13-29(25-31)40-21-5-7-23-47-40)32-16-10-14-30(26-32)41-22-6-8-24-48-41;1-19-6-10-22(11-7-19)26-30-27(23-12-8-20(2)9-13-23)32-28(31-26)24-16-14-21(15-17-24)25-5-3-4-18-29-25;1-24(2)20-9-5-4-8-18(20)19-13-11-17(15-21(19)24)23-14-12-16-7-3-6-10-22(16)25-23;1-2-6-12(7-3-1)15-10-17-14(11-18-15)13-8-4-5-9-16(13)19-17;1-2-6-10(7-3-1)11-8-4-5-9-12-11;1-4(6)3-5(2)7;;;;/h5-24,27-28H,1-4H3;3-14,16-18H,1-2H3;3-10,12-15H,1-2H3;1-6,8-11H;1-6,8-9H;3,6H,1-2H3;;;;/q-2;4*-1;;;;;+2. The fourth-order valence-electron chi connectivity index (χ4n) is 19.6. The number of anilines is 3. The molecule has 0 saturated carbocycles. The summed E-state index contributed by atoms with van der Waals surface area (Å²) < 4.78 is 8.44. The van der Waals surface area contributed by atoms with Gasteiger partial charge in [-0.1, -0.05) is 276 Å². The first-order valence-corrected chi connectivity index (χ1v) is 48.4. The molecule has 1 aliphatic carbocycles. The maximum atomic E-state index is 10.0. The van der Waals surface area contributed by atoms with Crippen LogP contribution in [0, 0.1) is 50.2 Å². The predicted octanol–water partition coefficient (Wildman–Crippen LogP) is 31.6. The van der Waals surface area contributed by atoms with Gasteiger partial charge in [0.25, 0.3) is 0 Å². The number of benzene rings is 14. The van der Waals surface area contributed by atoms with Crippen molar-refractivity contribution in [2.24, 2.45) is 0 Å². The number of carbonyl (C=O) groups excluding carboxylic acids is 1. The monoisotopic (exact) mass is 2650 g/mol. The van der Waals surface area contributed by atoms with Crippen LogP contribution in [0.3, 0.4) is 0 Å². The summed E-state index contributed by atoms with van der Waals surface area (Å²) >= 11 is 0. The van der Waals surface area contributed by atoms with Crippen molar-refractivity contribution in [3.05, 3.63) is 500 Å². The van der Waals surface area contributed by atoms with E-state index in [1.165, 1.54) is 108 Å². The number of fused-ring (bicyclic) bond motifs is 8. The van der Waals surface area contributed by atoms with Gasteiger partial charge in [-0.05, 0) is 166 Å². The van der Waals surface area contributed by atoms with Crippen molar-refractivity contribution in [3.63, 3.8) is 0 Å². The van der Waals surface area contributed by atoms with Gasteiger partial charge in [0.1, 0.15) is 17.0 Å². The molecule has 0 bridgehead atoms. The number of furan rings is 1. The Hall–Kier alpha value is -15.5. The first-order valence-electron chi connectivity index (χ1n) is 48.4. The molecule has 9 aromatic heterocycles. The molecule has 11 heterocycles. The van der Waals surface area contributed by atoms with Gasteiger partial charge in [-0.25, -0.2) is 15.0 Å². The number of aryl methyl sites for hydroxylation is 2. The Kier molecular flexibility index (Phi) is 32.0. The zero-order valence-electron chi connectivity index (χ0n) is 83.3. The third kappa shape index (κ3) is 21.7. The van der Waals surface area contributed by atoms with Crippen LogP contribution in [-0.2, 0) is 102 Å². The molecule has 0 amide bonds. The average molecular weight is 2650 g/mol. The van der Waals surface area contributed by atoms with Gasteiger partial charge in [-0.2, -0.15) is 0 Å². The van der Waals surface area contributed by atoms with Crippen LogP contribution in [0.2, 0.25) is 0 Å². The third-order valence-corrected chi connectivity index (χ3v) is 27.0. The SMILES string of the molecule is CC(=O)C=C(C)O.CC1(C)c2cc(N(c3[c-]c(-c4ccccn4)ccc3)c3[c-]c(-c4ccccn4)ccc3)cc3c2-n2c4c1cccc4c1cccc(c12)C3(C)C.CC1(C)c2ccccc2-c2c[c-]c(-c3ccc4ccccc4n3)cc21.Cc1ccc(-c2nc(-c3c[c-]c(-c4ccccn4)cc3)nc(-c3ccc(C)cc3)n2)cc1.[Ir].[Ir].[Ir].[Pt+2].[c-]1ccccc1-c1cc2oc3ccccc3c2cn1.[c-]1ccccc1-c1ccccn1. The van der Waals surface area contributed by atoms with Gasteiger partial charge in [0, 0.05) is 147 Å². The van der Waals surface area contributed by atoms with Crippen molar-refractivity contribution in [2.45, 2.75) is 85.5 Å². The van der Waals surface area contributed by atoms with E-state index in [1.54, 1.807) is 12.4 Å². The number of carbonyl (C=O) groups is 1. The molecule has 0 unspecified atom stereocenters. The minimum absolute atomic E-state index is 0. The molecule has 149 heavy (non-hydrogen) atoms. The maximum Gasteiger partial charge on any atom is 2.00 e. The summed E-state index contributed by atoms with van der Waals surface area (Å²) in [5, 5.41) is 14.3.